The SMILES string of the molecule is O=C(Cc1ncc(C(F)(F)F)cc1Cl)c1cccc(Cl)c1. The number of carbonyl (C=O) groups is 1. The van der Waals surface area contributed by atoms with Gasteiger partial charge in [-0.15, -0.1) is 0 Å². The highest BCUT2D eigenvalue weighted by molar-refractivity contribution is 6.31. The number of aromatic nitrogens is 1. The molecular weight excluding hydrogens is 326 g/mol. The lowest BCUT2D eigenvalue weighted by atomic mass is 10.1. The Hall–Kier alpha value is -1.59. The minimum absolute atomic E-state index is 0.0923. The average molecular weight is 334 g/mol. The van der Waals surface area contributed by atoms with Crippen LogP contribution in [0.5, 0.6) is 0 Å². The molecule has 2 rings (SSSR count). The first-order chi connectivity index (χ1) is 9.77. The summed E-state index contributed by atoms with van der Waals surface area (Å²) in [6, 6.07) is 7.02. The van der Waals surface area contributed by atoms with Gasteiger partial charge in [-0.1, -0.05) is 35.3 Å². The lowest BCUT2D eigenvalue weighted by molar-refractivity contribution is -0.137. The van der Waals surface area contributed by atoms with Crippen LogP contribution in [-0.2, 0) is 12.6 Å². The van der Waals surface area contributed by atoms with Crippen molar-refractivity contribution >= 4 is 29.0 Å². The van der Waals surface area contributed by atoms with Gasteiger partial charge >= 0.3 is 6.18 Å². The summed E-state index contributed by atoms with van der Waals surface area (Å²) in [4.78, 5) is 15.6. The van der Waals surface area contributed by atoms with E-state index in [1.807, 2.05) is 0 Å². The monoisotopic (exact) mass is 333 g/mol. The molecule has 0 radical (unpaired) electrons. The second-order valence-corrected chi connectivity index (χ2v) is 5.10. The Kier molecular flexibility index (Phi) is 4.54. The van der Waals surface area contributed by atoms with Gasteiger partial charge in [0, 0.05) is 16.8 Å². The summed E-state index contributed by atoms with van der Waals surface area (Å²) in [6.07, 6.45) is -4.06. The number of carbonyl (C=O) groups excluding carboxylic acids is 1. The number of ketones is 1. The Morgan fingerprint density at radius 1 is 1.19 bits per heavy atom. The van der Waals surface area contributed by atoms with E-state index in [1.165, 1.54) is 6.07 Å². The molecule has 0 aliphatic rings. The molecule has 0 amide bonds. The Labute approximate surface area is 128 Å². The summed E-state index contributed by atoms with van der Waals surface area (Å²) in [6.45, 7) is 0. The van der Waals surface area contributed by atoms with E-state index in [2.05, 4.69) is 4.98 Å². The lowest BCUT2D eigenvalue weighted by Gasteiger charge is -2.09. The van der Waals surface area contributed by atoms with Crippen molar-refractivity contribution in [3.63, 3.8) is 0 Å². The molecule has 0 spiro atoms. The zero-order valence-electron chi connectivity index (χ0n) is 10.4. The van der Waals surface area contributed by atoms with Crippen LogP contribution in [0.3, 0.4) is 0 Å². The van der Waals surface area contributed by atoms with Crippen molar-refractivity contribution in [3.05, 3.63) is 63.4 Å². The van der Waals surface area contributed by atoms with E-state index >= 15 is 0 Å². The highest BCUT2D eigenvalue weighted by Gasteiger charge is 2.31. The molecule has 7 heteroatoms. The van der Waals surface area contributed by atoms with Gasteiger partial charge < -0.3 is 0 Å². The van der Waals surface area contributed by atoms with E-state index < -0.39 is 11.7 Å². The molecule has 0 atom stereocenters. The third kappa shape index (κ3) is 3.95. The third-order valence-corrected chi connectivity index (χ3v) is 3.28. The van der Waals surface area contributed by atoms with E-state index in [0.717, 1.165) is 6.07 Å². The predicted molar refractivity (Wildman–Crippen MR) is 73.7 cm³/mol. The van der Waals surface area contributed by atoms with Gasteiger partial charge in [0.1, 0.15) is 0 Å². The van der Waals surface area contributed by atoms with Gasteiger partial charge in [-0.2, -0.15) is 13.2 Å². The van der Waals surface area contributed by atoms with Gasteiger partial charge in [-0.3, -0.25) is 9.78 Å². The number of halogens is 5. The zero-order chi connectivity index (χ0) is 15.6. The van der Waals surface area contributed by atoms with E-state index in [1.54, 1.807) is 18.2 Å². The fourth-order valence-corrected chi connectivity index (χ4v) is 2.09. The highest BCUT2D eigenvalue weighted by Crippen LogP contribution is 2.31. The molecule has 0 saturated heterocycles. The number of alkyl halides is 3. The number of Topliss-reactive ketones (excluding diaryl/α,β-unsaturated/α-hetero) is 1. The van der Waals surface area contributed by atoms with Crippen molar-refractivity contribution < 1.29 is 18.0 Å². The molecule has 2 aromatic rings. The number of rotatable bonds is 3. The standard InChI is InChI=1S/C14H8Cl2F3NO/c15-10-3-1-2-8(4-10)13(21)6-12-11(16)5-9(7-20-12)14(17,18)19/h1-5,7H,6H2. The fourth-order valence-electron chi connectivity index (χ4n) is 1.67. The maximum Gasteiger partial charge on any atom is 0.417 e. The molecule has 0 aliphatic carbocycles. The number of benzene rings is 1. The molecule has 1 heterocycles. The molecule has 0 bridgehead atoms. The van der Waals surface area contributed by atoms with Crippen LogP contribution in [0.15, 0.2) is 36.5 Å². The minimum Gasteiger partial charge on any atom is -0.294 e. The van der Waals surface area contributed by atoms with Crippen molar-refractivity contribution in [1.82, 2.24) is 4.98 Å². The van der Waals surface area contributed by atoms with Gasteiger partial charge in [-0.05, 0) is 18.2 Å². The maximum atomic E-state index is 12.5. The summed E-state index contributed by atoms with van der Waals surface area (Å²) in [5.41, 5.74) is -0.513. The fraction of sp³-hybridized carbons (Fsp3) is 0.143. The van der Waals surface area contributed by atoms with Crippen LogP contribution in [-0.4, -0.2) is 10.8 Å². The first kappa shape index (κ1) is 15.8. The molecule has 1 aromatic heterocycles. The quantitative estimate of drug-likeness (QED) is 0.753. The molecule has 21 heavy (non-hydrogen) atoms. The van der Waals surface area contributed by atoms with Crippen LogP contribution in [0.2, 0.25) is 10.0 Å². The Morgan fingerprint density at radius 2 is 1.90 bits per heavy atom. The van der Waals surface area contributed by atoms with Gasteiger partial charge in [-0.25, -0.2) is 0 Å². The highest BCUT2D eigenvalue weighted by atomic mass is 35.5. The molecule has 0 N–H and O–H groups in total. The maximum absolute atomic E-state index is 12.5. The Morgan fingerprint density at radius 3 is 2.48 bits per heavy atom. The third-order valence-electron chi connectivity index (χ3n) is 2.72. The molecule has 0 fully saturated rings. The number of hydrogen-bond acceptors (Lipinski definition) is 2. The van der Waals surface area contributed by atoms with Crippen molar-refractivity contribution in [3.8, 4) is 0 Å². The van der Waals surface area contributed by atoms with Gasteiger partial charge in [0.15, 0.2) is 5.78 Å². The summed E-state index contributed by atoms with van der Waals surface area (Å²) in [5.74, 6) is -0.327. The average Bonchev–Trinajstić information content (AvgIpc) is 2.39. The molecule has 110 valence electrons. The lowest BCUT2D eigenvalue weighted by Crippen LogP contribution is -2.09. The van der Waals surface area contributed by atoms with E-state index in [4.69, 9.17) is 23.2 Å². The van der Waals surface area contributed by atoms with Crippen molar-refractivity contribution in [2.75, 3.05) is 0 Å². The van der Waals surface area contributed by atoms with E-state index in [9.17, 15) is 18.0 Å². The zero-order valence-corrected chi connectivity index (χ0v) is 11.9. The molecule has 0 aliphatic heterocycles. The minimum atomic E-state index is -4.52. The summed E-state index contributed by atoms with van der Waals surface area (Å²) in [5, 5.41) is 0.201. The summed E-state index contributed by atoms with van der Waals surface area (Å²) in [7, 11) is 0. The van der Waals surface area contributed by atoms with Gasteiger partial charge in [0.05, 0.1) is 22.7 Å². The normalized spacial score (nSPS) is 11.5. The van der Waals surface area contributed by atoms with Crippen LogP contribution in [0.4, 0.5) is 13.2 Å². The topological polar surface area (TPSA) is 30.0 Å². The van der Waals surface area contributed by atoms with Gasteiger partial charge in [0.2, 0.25) is 0 Å². The van der Waals surface area contributed by atoms with E-state index in [0.29, 0.717) is 16.8 Å². The van der Waals surface area contributed by atoms with Crippen molar-refractivity contribution in [2.24, 2.45) is 0 Å². The van der Waals surface area contributed by atoms with Crippen LogP contribution in [0.1, 0.15) is 21.6 Å². The second kappa shape index (κ2) is 6.03. The first-order valence-corrected chi connectivity index (χ1v) is 6.53. The van der Waals surface area contributed by atoms with Crippen LogP contribution in [0.25, 0.3) is 0 Å². The summed E-state index contributed by atoms with van der Waals surface area (Å²) < 4.78 is 37.5. The molecule has 1 aromatic carbocycles. The molecule has 0 unspecified atom stereocenters. The largest absolute Gasteiger partial charge is 0.417 e. The molecular formula is C14H8Cl2F3NO. The van der Waals surface area contributed by atoms with Crippen LogP contribution >= 0.6 is 23.2 Å². The smallest absolute Gasteiger partial charge is 0.294 e. The Balaban J connectivity index is 2.22. The van der Waals surface area contributed by atoms with Crippen LogP contribution < -0.4 is 0 Å². The predicted octanol–water partition coefficient (Wildman–Crippen LogP) is 4.83. The van der Waals surface area contributed by atoms with E-state index in [-0.39, 0.29) is 22.9 Å². The number of nitrogens with zero attached hydrogens (tertiary/aromatic N) is 1. The molecule has 2 nitrogen and oxygen atoms in total. The van der Waals surface area contributed by atoms with Crippen molar-refractivity contribution in [2.45, 2.75) is 12.6 Å². The van der Waals surface area contributed by atoms with Gasteiger partial charge in [0.25, 0.3) is 0 Å². The van der Waals surface area contributed by atoms with Crippen LogP contribution in [0, 0.1) is 0 Å². The molecule has 0 saturated carbocycles. The Bertz CT molecular complexity index is 686. The second-order valence-electron chi connectivity index (χ2n) is 4.26. The van der Waals surface area contributed by atoms with Crippen molar-refractivity contribution in [1.29, 1.82) is 0 Å². The summed E-state index contributed by atoms with van der Waals surface area (Å²) >= 11 is 11.5. The first-order valence-electron chi connectivity index (χ1n) is 5.78. The number of pyridine rings is 1. The number of hydrogen-bond donors (Lipinski definition) is 0.